The van der Waals surface area contributed by atoms with Gasteiger partial charge in [-0.1, -0.05) is 76.6 Å². The van der Waals surface area contributed by atoms with Gasteiger partial charge in [0, 0.05) is 38.3 Å². The Labute approximate surface area is 251 Å². The number of phenolic OH excluding ortho intramolecular Hbond substituents is 1. The van der Waals surface area contributed by atoms with Crippen molar-refractivity contribution in [1.82, 2.24) is 9.97 Å². The Bertz CT molecular complexity index is 1770. The first kappa shape index (κ1) is 28.1. The summed E-state index contributed by atoms with van der Waals surface area (Å²) in [6, 6.07) is 26.6. The maximum Gasteiger partial charge on any atom is 0.140 e. The molecule has 0 spiro atoms. The van der Waals surface area contributed by atoms with Gasteiger partial charge in [0.05, 0.1) is 0 Å². The molecule has 0 unspecified atom stereocenters. The van der Waals surface area contributed by atoms with Crippen LogP contribution in [0.4, 0.5) is 17.2 Å². The van der Waals surface area contributed by atoms with Gasteiger partial charge in [-0.05, 0) is 77.0 Å². The summed E-state index contributed by atoms with van der Waals surface area (Å²) in [5, 5.41) is 11.6. The molecule has 5 aromatic rings. The fourth-order valence-corrected chi connectivity index (χ4v) is 5.93. The molecular weight excluding hydrogens is 673 g/mol. The van der Waals surface area contributed by atoms with Crippen molar-refractivity contribution in [3.05, 3.63) is 107 Å². The average Bonchev–Trinajstić information content (AvgIpc) is 2.90. The Morgan fingerprint density at radius 1 is 0.925 bits per heavy atom. The monoisotopic (exact) mass is 707 g/mol. The molecule has 0 saturated heterocycles. The molecule has 0 radical (unpaired) electrons. The van der Waals surface area contributed by atoms with Crippen molar-refractivity contribution in [3.8, 4) is 17.0 Å². The largest absolute Gasteiger partial charge is 0.506 e. The molecule has 0 amide bonds. The van der Waals surface area contributed by atoms with Crippen molar-refractivity contribution >= 4 is 28.1 Å². The molecule has 40 heavy (non-hydrogen) atoms. The molecule has 1 aliphatic heterocycles. The predicted molar refractivity (Wildman–Crippen MR) is 160 cm³/mol. The van der Waals surface area contributed by atoms with Crippen LogP contribution in [0, 0.1) is 19.9 Å². The minimum absolute atomic E-state index is 0. The molecule has 0 aliphatic carbocycles. The first-order valence-electron chi connectivity index (χ1n) is 13.5. The van der Waals surface area contributed by atoms with Crippen LogP contribution >= 0.6 is 0 Å². The van der Waals surface area contributed by atoms with E-state index in [1.807, 2.05) is 31.3 Å². The number of para-hydroxylation sites is 1. The van der Waals surface area contributed by atoms with Gasteiger partial charge in [0.1, 0.15) is 17.1 Å². The number of aromatic hydroxyl groups is 1. The molecule has 1 N–H and O–H groups in total. The third-order valence-electron chi connectivity index (χ3n) is 7.98. The number of anilines is 3. The van der Waals surface area contributed by atoms with Crippen LogP contribution < -0.4 is 4.90 Å². The molecule has 0 bridgehead atoms. The second-order valence-corrected chi connectivity index (χ2v) is 12.2. The SMILES string of the molecule is Cc1ccnc(N2c3[c-]c(-c4ccc5c(C)ccc(O)c5n4)cc(C(C)(C)C)c3C(C)(C)c3ccccc32)c1.[Pt]. The predicted octanol–water partition coefficient (Wildman–Crippen LogP) is 8.82. The topological polar surface area (TPSA) is 49.2 Å². The second kappa shape index (κ2) is 9.85. The van der Waals surface area contributed by atoms with Gasteiger partial charge in [-0.25, -0.2) is 4.98 Å². The van der Waals surface area contributed by atoms with Gasteiger partial charge < -0.3 is 10.0 Å². The van der Waals surface area contributed by atoms with Crippen LogP contribution in [0.1, 0.15) is 62.4 Å². The van der Waals surface area contributed by atoms with Gasteiger partial charge in [0.25, 0.3) is 0 Å². The molecule has 0 saturated carbocycles. The van der Waals surface area contributed by atoms with Crippen LogP contribution in [0.25, 0.3) is 22.2 Å². The first-order valence-corrected chi connectivity index (χ1v) is 13.5. The van der Waals surface area contributed by atoms with Crippen molar-refractivity contribution in [1.29, 1.82) is 0 Å². The Kier molecular flexibility index (Phi) is 6.91. The normalized spacial score (nSPS) is 13.9. The van der Waals surface area contributed by atoms with E-state index in [0.717, 1.165) is 45.0 Å². The van der Waals surface area contributed by atoms with Crippen molar-refractivity contribution in [2.75, 3.05) is 4.90 Å². The summed E-state index contributed by atoms with van der Waals surface area (Å²) in [5.74, 6) is 1.05. The summed E-state index contributed by atoms with van der Waals surface area (Å²) in [5.41, 5.74) is 10.00. The number of pyridine rings is 2. The molecule has 0 fully saturated rings. The zero-order chi connectivity index (χ0) is 27.7. The van der Waals surface area contributed by atoms with Gasteiger partial charge in [-0.3, -0.25) is 4.98 Å². The summed E-state index contributed by atoms with van der Waals surface area (Å²) < 4.78 is 0. The number of fused-ring (bicyclic) bond motifs is 3. The number of hydrogen-bond acceptors (Lipinski definition) is 4. The van der Waals surface area contributed by atoms with E-state index in [1.165, 1.54) is 16.7 Å². The fourth-order valence-electron chi connectivity index (χ4n) is 5.93. The van der Waals surface area contributed by atoms with Gasteiger partial charge in [0.15, 0.2) is 0 Å². The Hall–Kier alpha value is -3.49. The van der Waals surface area contributed by atoms with Crippen molar-refractivity contribution in [2.24, 2.45) is 0 Å². The molecule has 4 nitrogen and oxygen atoms in total. The van der Waals surface area contributed by atoms with Crippen LogP contribution in [0.2, 0.25) is 0 Å². The van der Waals surface area contributed by atoms with Gasteiger partial charge >= 0.3 is 0 Å². The molecule has 206 valence electrons. The quantitative estimate of drug-likeness (QED) is 0.187. The molecule has 2 aromatic heterocycles. The summed E-state index contributed by atoms with van der Waals surface area (Å²) in [7, 11) is 0. The number of rotatable bonds is 2. The molecule has 3 aromatic carbocycles. The van der Waals surface area contributed by atoms with Gasteiger partial charge in [0.2, 0.25) is 0 Å². The standard InChI is InChI=1S/C35H34N3O.Pt/c1-21-16-17-36-31(18-21)38-28-11-9-8-10-25(28)35(6,7)32-26(34(3,4)5)19-23(20-29(32)38)27-14-13-24-22(2)12-15-30(39)33(24)37-27;/h8-19,39H,1-7H3;/q-1;. The third kappa shape index (κ3) is 4.43. The summed E-state index contributed by atoms with van der Waals surface area (Å²) >= 11 is 0. The Morgan fingerprint density at radius 2 is 1.68 bits per heavy atom. The average molecular weight is 708 g/mol. The maximum atomic E-state index is 10.6. The van der Waals surface area contributed by atoms with E-state index in [0.29, 0.717) is 5.52 Å². The summed E-state index contributed by atoms with van der Waals surface area (Å²) in [6.45, 7) is 15.6. The van der Waals surface area contributed by atoms with E-state index < -0.39 is 0 Å². The zero-order valence-corrected chi connectivity index (χ0v) is 26.3. The fraction of sp³-hybridized carbons (Fsp3) is 0.257. The van der Waals surface area contributed by atoms with Crippen LogP contribution in [0.3, 0.4) is 0 Å². The van der Waals surface area contributed by atoms with Crippen LogP contribution in [0.15, 0.2) is 72.9 Å². The van der Waals surface area contributed by atoms with E-state index in [4.69, 9.17) is 9.97 Å². The molecule has 6 rings (SSSR count). The maximum absolute atomic E-state index is 10.6. The number of aryl methyl sites for hydroxylation is 2. The van der Waals surface area contributed by atoms with Crippen molar-refractivity contribution in [3.63, 3.8) is 0 Å². The van der Waals surface area contributed by atoms with Crippen LogP contribution in [-0.4, -0.2) is 15.1 Å². The summed E-state index contributed by atoms with van der Waals surface area (Å²) in [6.07, 6.45) is 1.87. The number of nitrogens with zero attached hydrogens (tertiary/aromatic N) is 3. The number of phenols is 1. The zero-order valence-electron chi connectivity index (χ0n) is 24.0. The first-order chi connectivity index (χ1) is 18.5. The smallest absolute Gasteiger partial charge is 0.140 e. The number of aromatic nitrogens is 2. The number of hydrogen-bond donors (Lipinski definition) is 1. The van der Waals surface area contributed by atoms with E-state index >= 15 is 0 Å². The van der Waals surface area contributed by atoms with E-state index in [-0.39, 0.29) is 37.6 Å². The minimum atomic E-state index is -0.254. The second-order valence-electron chi connectivity index (χ2n) is 12.2. The van der Waals surface area contributed by atoms with Crippen LogP contribution in [-0.2, 0) is 31.9 Å². The van der Waals surface area contributed by atoms with Gasteiger partial charge in [-0.2, -0.15) is 0 Å². The van der Waals surface area contributed by atoms with E-state index in [9.17, 15) is 5.11 Å². The molecule has 3 heterocycles. The van der Waals surface area contributed by atoms with Crippen molar-refractivity contribution < 1.29 is 26.2 Å². The number of benzene rings is 3. The summed E-state index contributed by atoms with van der Waals surface area (Å²) in [4.78, 5) is 12.0. The minimum Gasteiger partial charge on any atom is -0.506 e. The van der Waals surface area contributed by atoms with Gasteiger partial charge in [-0.15, -0.1) is 23.3 Å². The molecule has 1 aliphatic rings. The Morgan fingerprint density at radius 3 is 2.40 bits per heavy atom. The Balaban J connectivity index is 0.00000323. The van der Waals surface area contributed by atoms with E-state index in [1.54, 1.807) is 6.07 Å². The molecule has 5 heteroatoms. The molecule has 0 atom stereocenters. The van der Waals surface area contributed by atoms with Crippen molar-refractivity contribution in [2.45, 2.75) is 59.3 Å². The van der Waals surface area contributed by atoms with E-state index in [2.05, 4.69) is 95.0 Å². The third-order valence-corrected chi connectivity index (χ3v) is 7.98. The van der Waals surface area contributed by atoms with Crippen LogP contribution in [0.5, 0.6) is 5.75 Å². The molecular formula is C35H34N3OPt-.